The Morgan fingerprint density at radius 1 is 0.933 bits per heavy atom. The smallest absolute Gasteiger partial charge is 0.337 e. The van der Waals surface area contributed by atoms with E-state index in [2.05, 4.69) is 5.32 Å². The van der Waals surface area contributed by atoms with Crippen LogP contribution in [0.15, 0.2) is 85.1 Å². The zero-order chi connectivity index (χ0) is 21.8. The van der Waals surface area contributed by atoms with Gasteiger partial charge < -0.3 is 16.2 Å². The molecule has 0 spiro atoms. The van der Waals surface area contributed by atoms with Gasteiger partial charge in [-0.15, -0.1) is 0 Å². The van der Waals surface area contributed by atoms with Crippen molar-refractivity contribution in [2.45, 2.75) is 19.8 Å². The molecule has 5 nitrogen and oxygen atoms in total. The summed E-state index contributed by atoms with van der Waals surface area (Å²) >= 11 is 0. The van der Waals surface area contributed by atoms with Crippen LogP contribution < -0.4 is 11.1 Å². The molecule has 0 bridgehead atoms. The first-order chi connectivity index (χ1) is 14.5. The van der Waals surface area contributed by atoms with Gasteiger partial charge in [0.15, 0.2) is 0 Å². The number of para-hydroxylation sites is 1. The molecule has 0 saturated carbocycles. The average molecular weight is 402 g/mol. The summed E-state index contributed by atoms with van der Waals surface area (Å²) in [4.78, 5) is 23.0. The quantitative estimate of drug-likeness (QED) is 0.548. The van der Waals surface area contributed by atoms with E-state index in [0.717, 1.165) is 11.1 Å². The summed E-state index contributed by atoms with van der Waals surface area (Å²) in [6.07, 6.45) is 4.34. The predicted molar refractivity (Wildman–Crippen MR) is 121 cm³/mol. The van der Waals surface area contributed by atoms with Gasteiger partial charge in [-0.05, 0) is 48.9 Å². The topological polar surface area (TPSA) is 92.4 Å². The highest BCUT2D eigenvalue weighted by Crippen LogP contribution is 2.15. The molecule has 0 fully saturated rings. The lowest BCUT2D eigenvalue weighted by atomic mass is 10.1. The summed E-state index contributed by atoms with van der Waals surface area (Å²) in [6, 6.07) is 24.3. The summed E-state index contributed by atoms with van der Waals surface area (Å²) in [5, 5.41) is 11.7. The van der Waals surface area contributed by atoms with E-state index < -0.39 is 5.97 Å². The molecule has 5 heteroatoms. The summed E-state index contributed by atoms with van der Waals surface area (Å²) in [7, 11) is 0. The van der Waals surface area contributed by atoms with Crippen LogP contribution in [0.1, 0.15) is 33.5 Å². The van der Waals surface area contributed by atoms with Gasteiger partial charge in [0.05, 0.1) is 11.3 Å². The number of aryl methyl sites for hydroxylation is 2. The Hall–Kier alpha value is -3.86. The van der Waals surface area contributed by atoms with E-state index >= 15 is 0 Å². The SMILES string of the molecule is Cc1ccc(CCC(=O)Nc2ccccc2C(=O)O)cc1.N/C=C\c1ccccc1. The zero-order valence-electron chi connectivity index (χ0n) is 16.9. The lowest BCUT2D eigenvalue weighted by Crippen LogP contribution is -2.15. The number of carbonyl (C=O) groups is 2. The summed E-state index contributed by atoms with van der Waals surface area (Å²) < 4.78 is 0. The Morgan fingerprint density at radius 2 is 1.57 bits per heavy atom. The monoisotopic (exact) mass is 402 g/mol. The van der Waals surface area contributed by atoms with Gasteiger partial charge in [-0.25, -0.2) is 4.79 Å². The number of aromatic carboxylic acids is 1. The first-order valence-corrected chi connectivity index (χ1v) is 9.60. The minimum atomic E-state index is -1.05. The average Bonchev–Trinajstić information content (AvgIpc) is 2.75. The van der Waals surface area contributed by atoms with Crippen LogP contribution in [-0.2, 0) is 11.2 Å². The van der Waals surface area contributed by atoms with E-state index in [9.17, 15) is 9.59 Å². The predicted octanol–water partition coefficient (Wildman–Crippen LogP) is 4.88. The van der Waals surface area contributed by atoms with Crippen molar-refractivity contribution in [2.75, 3.05) is 5.32 Å². The molecule has 0 saturated heterocycles. The van der Waals surface area contributed by atoms with Crippen molar-refractivity contribution in [2.24, 2.45) is 5.73 Å². The maximum atomic E-state index is 11.9. The molecule has 0 aliphatic carbocycles. The number of carboxylic acid groups (broad SMARTS) is 1. The van der Waals surface area contributed by atoms with Gasteiger partial charge in [-0.3, -0.25) is 4.79 Å². The number of amides is 1. The van der Waals surface area contributed by atoms with Crippen LogP contribution in [0.25, 0.3) is 6.08 Å². The first kappa shape index (κ1) is 22.4. The second-order valence-electron chi connectivity index (χ2n) is 6.65. The largest absolute Gasteiger partial charge is 0.478 e. The molecule has 1 amide bonds. The highest BCUT2D eigenvalue weighted by atomic mass is 16.4. The molecule has 0 radical (unpaired) electrons. The normalized spacial score (nSPS) is 10.2. The fraction of sp³-hybridized carbons (Fsp3) is 0.120. The molecule has 30 heavy (non-hydrogen) atoms. The van der Waals surface area contributed by atoms with Crippen molar-refractivity contribution in [1.29, 1.82) is 0 Å². The van der Waals surface area contributed by atoms with Crippen molar-refractivity contribution in [3.05, 3.63) is 107 Å². The van der Waals surface area contributed by atoms with E-state index in [1.54, 1.807) is 18.2 Å². The van der Waals surface area contributed by atoms with Gasteiger partial charge in [0.25, 0.3) is 0 Å². The highest BCUT2D eigenvalue weighted by molar-refractivity contribution is 6.00. The Kier molecular flexibility index (Phi) is 8.87. The maximum absolute atomic E-state index is 11.9. The molecule has 0 heterocycles. The number of hydrogen-bond donors (Lipinski definition) is 3. The molecule has 0 aliphatic heterocycles. The van der Waals surface area contributed by atoms with Crippen LogP contribution in [0.5, 0.6) is 0 Å². The molecule has 0 aliphatic rings. The highest BCUT2D eigenvalue weighted by Gasteiger charge is 2.11. The van der Waals surface area contributed by atoms with Gasteiger partial charge in [0.1, 0.15) is 0 Å². The third kappa shape index (κ3) is 7.64. The van der Waals surface area contributed by atoms with E-state index in [4.69, 9.17) is 10.8 Å². The lowest BCUT2D eigenvalue weighted by molar-refractivity contribution is -0.116. The van der Waals surface area contributed by atoms with Crippen LogP contribution >= 0.6 is 0 Å². The number of rotatable bonds is 6. The molecule has 0 aromatic heterocycles. The third-order valence-corrected chi connectivity index (χ3v) is 4.28. The molecular formula is C25H26N2O3. The molecule has 3 rings (SSSR count). The van der Waals surface area contributed by atoms with Gasteiger partial charge in [-0.1, -0.05) is 72.3 Å². The fourth-order valence-corrected chi connectivity index (χ4v) is 2.68. The van der Waals surface area contributed by atoms with Gasteiger partial charge in [0, 0.05) is 6.42 Å². The van der Waals surface area contributed by atoms with E-state index in [1.807, 2.05) is 67.6 Å². The molecule has 3 aromatic carbocycles. The van der Waals surface area contributed by atoms with Gasteiger partial charge >= 0.3 is 5.97 Å². The van der Waals surface area contributed by atoms with Crippen LogP contribution in [0.3, 0.4) is 0 Å². The minimum Gasteiger partial charge on any atom is -0.478 e. The van der Waals surface area contributed by atoms with E-state index in [-0.39, 0.29) is 11.5 Å². The minimum absolute atomic E-state index is 0.0983. The summed E-state index contributed by atoms with van der Waals surface area (Å²) in [6.45, 7) is 2.01. The third-order valence-electron chi connectivity index (χ3n) is 4.28. The number of anilines is 1. The van der Waals surface area contributed by atoms with Crippen LogP contribution in [0.4, 0.5) is 5.69 Å². The molecule has 0 unspecified atom stereocenters. The van der Waals surface area contributed by atoms with Crippen LogP contribution in [-0.4, -0.2) is 17.0 Å². The Labute approximate surface area is 176 Å². The first-order valence-electron chi connectivity index (χ1n) is 9.60. The van der Waals surface area contributed by atoms with Gasteiger partial charge in [-0.2, -0.15) is 0 Å². The lowest BCUT2D eigenvalue weighted by Gasteiger charge is -2.08. The van der Waals surface area contributed by atoms with Crippen LogP contribution in [0, 0.1) is 6.92 Å². The Balaban J connectivity index is 0.000000297. The maximum Gasteiger partial charge on any atom is 0.337 e. The number of nitrogens with one attached hydrogen (secondary N) is 1. The Bertz CT molecular complexity index is 981. The molecule has 154 valence electrons. The summed E-state index contributed by atoms with van der Waals surface area (Å²) in [5.74, 6) is -1.24. The molecule has 0 atom stereocenters. The number of nitrogens with two attached hydrogens (primary N) is 1. The van der Waals surface area contributed by atoms with Crippen molar-refractivity contribution < 1.29 is 14.7 Å². The van der Waals surface area contributed by atoms with E-state index in [0.29, 0.717) is 18.5 Å². The summed E-state index contributed by atoms with van der Waals surface area (Å²) in [5.41, 5.74) is 9.01. The van der Waals surface area contributed by atoms with Crippen molar-refractivity contribution in [1.82, 2.24) is 0 Å². The fourth-order valence-electron chi connectivity index (χ4n) is 2.68. The van der Waals surface area contributed by atoms with Crippen molar-refractivity contribution >= 4 is 23.6 Å². The van der Waals surface area contributed by atoms with E-state index in [1.165, 1.54) is 17.8 Å². The number of carbonyl (C=O) groups excluding carboxylic acids is 1. The number of hydrogen-bond acceptors (Lipinski definition) is 3. The van der Waals surface area contributed by atoms with Crippen LogP contribution in [0.2, 0.25) is 0 Å². The molecule has 4 N–H and O–H groups in total. The second kappa shape index (κ2) is 11.9. The Morgan fingerprint density at radius 3 is 2.20 bits per heavy atom. The van der Waals surface area contributed by atoms with Crippen molar-refractivity contribution in [3.63, 3.8) is 0 Å². The second-order valence-corrected chi connectivity index (χ2v) is 6.65. The number of carboxylic acids is 1. The molecular weight excluding hydrogens is 376 g/mol. The van der Waals surface area contributed by atoms with Crippen molar-refractivity contribution in [3.8, 4) is 0 Å². The zero-order valence-corrected chi connectivity index (χ0v) is 16.9. The van der Waals surface area contributed by atoms with Gasteiger partial charge in [0.2, 0.25) is 5.91 Å². The molecule has 3 aromatic rings. The standard InChI is InChI=1S/C17H17NO3.C8H9N/c1-12-6-8-13(9-7-12)10-11-16(19)18-15-5-3-2-4-14(15)17(20)21;9-7-6-8-4-2-1-3-5-8/h2-9H,10-11H2,1H3,(H,18,19)(H,20,21);1-7H,9H2/b;7-6-. The number of benzene rings is 3.